The van der Waals surface area contributed by atoms with Crippen molar-refractivity contribution < 1.29 is 23.7 Å². The number of hydrogen-bond donors (Lipinski definition) is 1. The van der Waals surface area contributed by atoms with Gasteiger partial charge in [0.15, 0.2) is 0 Å². The van der Waals surface area contributed by atoms with Gasteiger partial charge in [0.2, 0.25) is 0 Å². The van der Waals surface area contributed by atoms with Crippen molar-refractivity contribution in [3.05, 3.63) is 48.0 Å². The highest BCUT2D eigenvalue weighted by Gasteiger charge is 2.10. The fraction of sp³-hybridized carbons (Fsp3) is 0.316. The topological polar surface area (TPSA) is 80.0 Å². The average Bonchev–Trinajstić information content (AvgIpc) is 2.63. The van der Waals surface area contributed by atoms with E-state index >= 15 is 0 Å². The van der Waals surface area contributed by atoms with Crippen LogP contribution in [0, 0.1) is 0 Å². The number of benzene rings is 2. The number of hydrogen-bond acceptors (Lipinski definition) is 6. The highest BCUT2D eigenvalue weighted by Crippen LogP contribution is 2.23. The number of esters is 1. The average molecular weight is 345 g/mol. The second kappa shape index (κ2) is 9.42. The minimum Gasteiger partial charge on any atom is -0.497 e. The Labute approximate surface area is 147 Å². The Hall–Kier alpha value is -2.89. The first-order chi connectivity index (χ1) is 12.1. The first kappa shape index (κ1) is 18.4. The molecule has 0 aliphatic carbocycles. The lowest BCUT2D eigenvalue weighted by atomic mass is 10.2. The molecular formula is C19H23NO5. The van der Waals surface area contributed by atoms with Crippen LogP contribution in [-0.4, -0.2) is 32.9 Å². The van der Waals surface area contributed by atoms with E-state index in [2.05, 4.69) is 0 Å². The van der Waals surface area contributed by atoms with E-state index < -0.39 is 5.97 Å². The molecule has 0 amide bonds. The van der Waals surface area contributed by atoms with Crippen molar-refractivity contribution in [3.63, 3.8) is 0 Å². The Balaban J connectivity index is 1.78. The van der Waals surface area contributed by atoms with Gasteiger partial charge in [-0.1, -0.05) is 0 Å². The second-order valence-corrected chi connectivity index (χ2v) is 5.20. The van der Waals surface area contributed by atoms with Crippen LogP contribution in [0.4, 0.5) is 5.69 Å². The van der Waals surface area contributed by atoms with Gasteiger partial charge in [0.1, 0.15) is 17.2 Å². The summed E-state index contributed by atoms with van der Waals surface area (Å²) in [5, 5.41) is 0. The van der Waals surface area contributed by atoms with Crippen LogP contribution in [0.5, 0.6) is 17.2 Å². The van der Waals surface area contributed by atoms with E-state index in [0.717, 1.165) is 11.5 Å². The van der Waals surface area contributed by atoms with E-state index in [4.69, 9.17) is 24.7 Å². The van der Waals surface area contributed by atoms with Gasteiger partial charge in [-0.3, -0.25) is 0 Å². The Morgan fingerprint density at radius 3 is 2.36 bits per heavy atom. The first-order valence-corrected chi connectivity index (χ1v) is 8.10. The van der Waals surface area contributed by atoms with Crippen molar-refractivity contribution in [1.82, 2.24) is 0 Å². The highest BCUT2D eigenvalue weighted by molar-refractivity contribution is 5.90. The minimum absolute atomic E-state index is 0.322. The third-order valence-corrected chi connectivity index (χ3v) is 3.40. The number of carbonyl (C=O) groups is 1. The number of methoxy groups -OCH3 is 1. The van der Waals surface area contributed by atoms with Gasteiger partial charge in [0, 0.05) is 6.42 Å². The van der Waals surface area contributed by atoms with Crippen LogP contribution in [0.1, 0.15) is 23.7 Å². The van der Waals surface area contributed by atoms with Crippen molar-refractivity contribution in [1.29, 1.82) is 0 Å². The van der Waals surface area contributed by atoms with E-state index in [1.807, 2.05) is 24.3 Å². The number of anilines is 1. The number of nitrogen functional groups attached to an aromatic ring is 1. The fourth-order valence-electron chi connectivity index (χ4n) is 2.10. The molecule has 0 heterocycles. The number of nitrogens with two attached hydrogens (primary N) is 1. The lowest BCUT2D eigenvalue weighted by molar-refractivity contribution is 0.0526. The summed E-state index contributed by atoms with van der Waals surface area (Å²) in [6, 6.07) is 12.2. The number of ether oxygens (including phenoxy) is 4. The number of rotatable bonds is 9. The third-order valence-electron chi connectivity index (χ3n) is 3.40. The molecule has 0 radical (unpaired) electrons. The molecule has 0 aliphatic heterocycles. The van der Waals surface area contributed by atoms with Crippen molar-refractivity contribution in [3.8, 4) is 17.2 Å². The lowest BCUT2D eigenvalue weighted by Crippen LogP contribution is -2.08. The minimum atomic E-state index is -0.393. The zero-order valence-electron chi connectivity index (χ0n) is 14.5. The molecule has 0 atom stereocenters. The van der Waals surface area contributed by atoms with Gasteiger partial charge in [-0.15, -0.1) is 0 Å². The smallest absolute Gasteiger partial charge is 0.338 e. The van der Waals surface area contributed by atoms with E-state index in [1.165, 1.54) is 0 Å². The predicted molar refractivity (Wildman–Crippen MR) is 95.4 cm³/mol. The van der Waals surface area contributed by atoms with Crippen molar-refractivity contribution in [2.24, 2.45) is 0 Å². The molecule has 2 rings (SSSR count). The van der Waals surface area contributed by atoms with Crippen molar-refractivity contribution >= 4 is 11.7 Å². The molecule has 0 saturated heterocycles. The zero-order chi connectivity index (χ0) is 18.1. The van der Waals surface area contributed by atoms with Crippen LogP contribution in [0.15, 0.2) is 42.5 Å². The Kier molecular flexibility index (Phi) is 6.95. The SMILES string of the molecule is CCOC(=O)c1ccc(N)c(OCCCOc2ccc(OC)cc2)c1. The van der Waals surface area contributed by atoms with Gasteiger partial charge >= 0.3 is 5.97 Å². The van der Waals surface area contributed by atoms with Crippen LogP contribution in [0.3, 0.4) is 0 Å². The van der Waals surface area contributed by atoms with E-state index in [0.29, 0.717) is 43.2 Å². The summed E-state index contributed by atoms with van der Waals surface area (Å²) in [6.07, 6.45) is 0.676. The zero-order valence-corrected chi connectivity index (χ0v) is 14.5. The second-order valence-electron chi connectivity index (χ2n) is 5.20. The molecule has 25 heavy (non-hydrogen) atoms. The summed E-state index contributed by atoms with van der Waals surface area (Å²) >= 11 is 0. The van der Waals surface area contributed by atoms with Gasteiger partial charge in [0.05, 0.1) is 38.2 Å². The molecule has 2 N–H and O–H groups in total. The summed E-state index contributed by atoms with van der Waals surface area (Å²) in [5.74, 6) is 1.63. The van der Waals surface area contributed by atoms with Gasteiger partial charge in [-0.05, 0) is 49.4 Å². The molecule has 0 fully saturated rings. The predicted octanol–water partition coefficient (Wildman–Crippen LogP) is 3.30. The summed E-state index contributed by atoms with van der Waals surface area (Å²) in [7, 11) is 1.62. The molecule has 0 bridgehead atoms. The first-order valence-electron chi connectivity index (χ1n) is 8.10. The monoisotopic (exact) mass is 345 g/mol. The molecular weight excluding hydrogens is 322 g/mol. The molecule has 2 aromatic rings. The highest BCUT2D eigenvalue weighted by atomic mass is 16.5. The molecule has 6 heteroatoms. The molecule has 0 aromatic heterocycles. The standard InChI is InChI=1S/C19H23NO5/c1-3-23-19(21)14-5-10-17(20)18(13-14)25-12-4-11-24-16-8-6-15(22-2)7-9-16/h5-10,13H,3-4,11-12,20H2,1-2H3. The normalized spacial score (nSPS) is 10.2. The number of carbonyl (C=O) groups excluding carboxylic acids is 1. The maximum Gasteiger partial charge on any atom is 0.338 e. The molecule has 6 nitrogen and oxygen atoms in total. The van der Waals surface area contributed by atoms with Crippen LogP contribution in [0.2, 0.25) is 0 Å². The maximum atomic E-state index is 11.7. The van der Waals surface area contributed by atoms with Gasteiger partial charge in [-0.25, -0.2) is 4.79 Å². The van der Waals surface area contributed by atoms with Crippen LogP contribution in [-0.2, 0) is 4.74 Å². The molecule has 134 valence electrons. The van der Waals surface area contributed by atoms with Crippen molar-refractivity contribution in [2.75, 3.05) is 32.7 Å². The maximum absolute atomic E-state index is 11.7. The van der Waals surface area contributed by atoms with E-state index in [-0.39, 0.29) is 0 Å². The van der Waals surface area contributed by atoms with Gasteiger partial charge in [-0.2, -0.15) is 0 Å². The Morgan fingerprint density at radius 1 is 1.00 bits per heavy atom. The largest absolute Gasteiger partial charge is 0.497 e. The Morgan fingerprint density at radius 2 is 1.68 bits per heavy atom. The molecule has 0 saturated carbocycles. The summed E-state index contributed by atoms with van der Waals surface area (Å²) in [4.78, 5) is 11.7. The molecule has 0 spiro atoms. The summed E-state index contributed by atoms with van der Waals surface area (Å²) in [5.41, 5.74) is 6.77. The van der Waals surface area contributed by atoms with E-state index in [1.54, 1.807) is 32.2 Å². The molecule has 0 unspecified atom stereocenters. The van der Waals surface area contributed by atoms with Crippen LogP contribution < -0.4 is 19.9 Å². The van der Waals surface area contributed by atoms with Gasteiger partial charge in [0.25, 0.3) is 0 Å². The van der Waals surface area contributed by atoms with E-state index in [9.17, 15) is 4.79 Å². The quantitative estimate of drug-likeness (QED) is 0.427. The molecule has 2 aromatic carbocycles. The van der Waals surface area contributed by atoms with Crippen LogP contribution >= 0.6 is 0 Å². The Bertz CT molecular complexity index is 685. The lowest BCUT2D eigenvalue weighted by Gasteiger charge is -2.11. The van der Waals surface area contributed by atoms with Crippen LogP contribution in [0.25, 0.3) is 0 Å². The summed E-state index contributed by atoms with van der Waals surface area (Å²) in [6.45, 7) is 3.01. The summed E-state index contributed by atoms with van der Waals surface area (Å²) < 4.78 is 21.3. The van der Waals surface area contributed by atoms with Gasteiger partial charge < -0.3 is 24.7 Å². The fourth-order valence-corrected chi connectivity index (χ4v) is 2.10. The third kappa shape index (κ3) is 5.60. The van der Waals surface area contributed by atoms with Crippen molar-refractivity contribution in [2.45, 2.75) is 13.3 Å². The molecule has 0 aliphatic rings.